The van der Waals surface area contributed by atoms with Gasteiger partial charge >= 0.3 is 0 Å². The summed E-state index contributed by atoms with van der Waals surface area (Å²) in [6.45, 7) is 4.00. The van der Waals surface area contributed by atoms with E-state index in [0.29, 0.717) is 18.2 Å². The quantitative estimate of drug-likeness (QED) is 0.729. The van der Waals surface area contributed by atoms with Crippen LogP contribution in [0, 0.1) is 11.3 Å². The van der Waals surface area contributed by atoms with E-state index in [0.717, 1.165) is 48.9 Å². The van der Waals surface area contributed by atoms with E-state index in [1.54, 1.807) is 6.20 Å². The third-order valence-corrected chi connectivity index (χ3v) is 5.30. The lowest BCUT2D eigenvalue weighted by Crippen LogP contribution is -2.47. The van der Waals surface area contributed by atoms with Gasteiger partial charge in [-0.15, -0.1) is 12.4 Å². The van der Waals surface area contributed by atoms with Gasteiger partial charge in [0.25, 0.3) is 0 Å². The summed E-state index contributed by atoms with van der Waals surface area (Å²) in [4.78, 5) is 11.7. The lowest BCUT2D eigenvalue weighted by molar-refractivity contribution is 0.0212. The molecule has 0 amide bonds. The molecule has 28 heavy (non-hydrogen) atoms. The maximum atomic E-state index is 8.99. The molecule has 1 aromatic carbocycles. The van der Waals surface area contributed by atoms with Gasteiger partial charge in [0.1, 0.15) is 6.07 Å². The molecule has 0 bridgehead atoms. The molecule has 0 aliphatic carbocycles. The van der Waals surface area contributed by atoms with Gasteiger partial charge in [-0.3, -0.25) is 4.98 Å². The monoisotopic (exact) mass is 396 g/mol. The smallest absolute Gasteiger partial charge is 0.207 e. The van der Waals surface area contributed by atoms with Crippen LogP contribution in [0.25, 0.3) is 11.0 Å². The van der Waals surface area contributed by atoms with Gasteiger partial charge in [0.05, 0.1) is 47.6 Å². The number of aromatic nitrogens is 3. The van der Waals surface area contributed by atoms with Crippen LogP contribution in [-0.4, -0.2) is 52.9 Å². The lowest BCUT2D eigenvalue weighted by atomic mass is 10.2. The number of nitriles is 1. The molecule has 2 fully saturated rings. The number of hydrogen-bond acceptors (Lipinski definition) is 6. The van der Waals surface area contributed by atoms with Crippen LogP contribution in [0.1, 0.15) is 11.3 Å². The van der Waals surface area contributed by atoms with Gasteiger partial charge in [-0.1, -0.05) is 12.1 Å². The van der Waals surface area contributed by atoms with Crippen LogP contribution in [0.15, 0.2) is 42.6 Å². The van der Waals surface area contributed by atoms with Crippen molar-refractivity contribution in [2.24, 2.45) is 0 Å². The molecular weight excluding hydrogens is 376 g/mol. The number of imidazole rings is 1. The number of hydrogen-bond donors (Lipinski definition) is 1. The third kappa shape index (κ3) is 3.31. The summed E-state index contributed by atoms with van der Waals surface area (Å²) in [6, 6.07) is 14.4. The molecule has 2 aromatic heterocycles. The fourth-order valence-electron chi connectivity index (χ4n) is 3.96. The van der Waals surface area contributed by atoms with E-state index < -0.39 is 0 Å². The highest BCUT2D eigenvalue weighted by Crippen LogP contribution is 2.28. The van der Waals surface area contributed by atoms with Crippen molar-refractivity contribution in [3.8, 4) is 6.07 Å². The summed E-state index contributed by atoms with van der Waals surface area (Å²) in [5.41, 5.74) is 3.54. The molecule has 7 nitrogen and oxygen atoms in total. The van der Waals surface area contributed by atoms with Crippen molar-refractivity contribution in [3.63, 3.8) is 0 Å². The minimum absolute atomic E-state index is 0. The molecule has 144 valence electrons. The first kappa shape index (κ1) is 18.7. The zero-order valence-corrected chi connectivity index (χ0v) is 16.1. The molecular formula is C20H21ClN6O. The Balaban J connectivity index is 0.00000192. The van der Waals surface area contributed by atoms with Gasteiger partial charge < -0.3 is 19.5 Å². The summed E-state index contributed by atoms with van der Waals surface area (Å²) < 4.78 is 8.14. The largest absolute Gasteiger partial charge is 0.373 e. The molecule has 4 heterocycles. The number of anilines is 1. The SMILES string of the molecule is Cl.N#Cc1ccc(Cn2c(N3C[C@@H]4NCCO[C@@H]4C3)nc3ccccc32)nc1. The number of nitrogens with one attached hydrogen (secondary N) is 1. The molecule has 8 heteroatoms. The van der Waals surface area contributed by atoms with Gasteiger partial charge in [-0.2, -0.15) is 5.26 Å². The number of rotatable bonds is 3. The Kier molecular flexibility index (Phi) is 5.18. The Labute approximate surface area is 169 Å². The summed E-state index contributed by atoms with van der Waals surface area (Å²) in [7, 11) is 0. The minimum Gasteiger partial charge on any atom is -0.373 e. The molecule has 0 unspecified atom stereocenters. The molecule has 0 spiro atoms. The number of ether oxygens (including phenoxy) is 1. The predicted molar refractivity (Wildman–Crippen MR) is 109 cm³/mol. The van der Waals surface area contributed by atoms with E-state index in [1.165, 1.54) is 0 Å². The standard InChI is InChI=1S/C20H20N6O.ClH/c21-9-14-5-6-15(23-10-14)11-26-18-4-2-1-3-16(18)24-20(26)25-12-17-19(13-25)27-8-7-22-17;/h1-6,10,17,19,22H,7-8,11-13H2;1H/t17-,19+;/m0./s1. The Morgan fingerprint density at radius 2 is 2.11 bits per heavy atom. The highest BCUT2D eigenvalue weighted by Gasteiger charge is 2.37. The highest BCUT2D eigenvalue weighted by molar-refractivity contribution is 5.85. The van der Waals surface area contributed by atoms with Crippen molar-refractivity contribution in [3.05, 3.63) is 53.9 Å². The van der Waals surface area contributed by atoms with Crippen LogP contribution in [-0.2, 0) is 11.3 Å². The Morgan fingerprint density at radius 3 is 2.89 bits per heavy atom. The molecule has 2 saturated heterocycles. The molecule has 0 saturated carbocycles. The minimum atomic E-state index is 0. The van der Waals surface area contributed by atoms with Gasteiger partial charge in [-0.05, 0) is 24.3 Å². The van der Waals surface area contributed by atoms with E-state index in [-0.39, 0.29) is 18.5 Å². The van der Waals surface area contributed by atoms with Crippen LogP contribution in [0.3, 0.4) is 0 Å². The average molecular weight is 397 g/mol. The zero-order chi connectivity index (χ0) is 18.2. The van der Waals surface area contributed by atoms with Crippen molar-refractivity contribution in [1.82, 2.24) is 19.9 Å². The number of benzene rings is 1. The van der Waals surface area contributed by atoms with Crippen molar-refractivity contribution >= 4 is 29.4 Å². The lowest BCUT2D eigenvalue weighted by Gasteiger charge is -2.25. The summed E-state index contributed by atoms with van der Waals surface area (Å²) in [6.07, 6.45) is 1.83. The molecule has 3 aromatic rings. The maximum absolute atomic E-state index is 8.99. The normalized spacial score (nSPS) is 21.2. The van der Waals surface area contributed by atoms with E-state index in [4.69, 9.17) is 15.0 Å². The summed E-state index contributed by atoms with van der Waals surface area (Å²) in [5.74, 6) is 0.946. The number of pyridine rings is 1. The van der Waals surface area contributed by atoms with Crippen LogP contribution >= 0.6 is 12.4 Å². The van der Waals surface area contributed by atoms with E-state index in [2.05, 4.69) is 31.9 Å². The molecule has 0 radical (unpaired) electrons. The fourth-order valence-corrected chi connectivity index (χ4v) is 3.96. The van der Waals surface area contributed by atoms with Crippen molar-refractivity contribution in [1.29, 1.82) is 5.26 Å². The van der Waals surface area contributed by atoms with Crippen LogP contribution in [0.5, 0.6) is 0 Å². The second kappa shape index (κ2) is 7.76. The maximum Gasteiger partial charge on any atom is 0.207 e. The Hall–Kier alpha value is -2.66. The number of nitrogens with zero attached hydrogens (tertiary/aromatic N) is 5. The zero-order valence-electron chi connectivity index (χ0n) is 15.3. The van der Waals surface area contributed by atoms with E-state index in [1.807, 2.05) is 30.3 Å². The van der Waals surface area contributed by atoms with Gasteiger partial charge in [0.2, 0.25) is 5.95 Å². The first-order valence-corrected chi connectivity index (χ1v) is 9.22. The van der Waals surface area contributed by atoms with Crippen LogP contribution in [0.4, 0.5) is 5.95 Å². The topological polar surface area (TPSA) is 79.0 Å². The van der Waals surface area contributed by atoms with Crippen molar-refractivity contribution < 1.29 is 4.74 Å². The van der Waals surface area contributed by atoms with Gasteiger partial charge in [0.15, 0.2) is 0 Å². The second-order valence-electron chi connectivity index (χ2n) is 7.01. The molecule has 2 atom stereocenters. The summed E-state index contributed by atoms with van der Waals surface area (Å²) in [5, 5.41) is 12.5. The van der Waals surface area contributed by atoms with E-state index in [9.17, 15) is 0 Å². The molecule has 5 rings (SSSR count). The first-order chi connectivity index (χ1) is 13.3. The number of halogens is 1. The van der Waals surface area contributed by atoms with Crippen molar-refractivity contribution in [2.75, 3.05) is 31.1 Å². The molecule has 2 aliphatic rings. The molecule has 2 aliphatic heterocycles. The number of fused-ring (bicyclic) bond motifs is 2. The first-order valence-electron chi connectivity index (χ1n) is 9.22. The van der Waals surface area contributed by atoms with Gasteiger partial charge in [0, 0.05) is 25.8 Å². The second-order valence-corrected chi connectivity index (χ2v) is 7.01. The molecule has 1 N–H and O–H groups in total. The number of morpholine rings is 1. The average Bonchev–Trinajstić information content (AvgIpc) is 3.30. The van der Waals surface area contributed by atoms with Gasteiger partial charge in [-0.25, -0.2) is 4.98 Å². The predicted octanol–water partition coefficient (Wildman–Crippen LogP) is 1.95. The van der Waals surface area contributed by atoms with Crippen LogP contribution in [0.2, 0.25) is 0 Å². The fraction of sp³-hybridized carbons (Fsp3) is 0.350. The summed E-state index contributed by atoms with van der Waals surface area (Å²) >= 11 is 0. The Bertz CT molecular complexity index is 998. The highest BCUT2D eigenvalue weighted by atomic mass is 35.5. The Morgan fingerprint density at radius 1 is 1.21 bits per heavy atom. The van der Waals surface area contributed by atoms with Crippen molar-refractivity contribution in [2.45, 2.75) is 18.7 Å². The van der Waals surface area contributed by atoms with Crippen LogP contribution < -0.4 is 10.2 Å². The number of para-hydroxylation sites is 2. The van der Waals surface area contributed by atoms with E-state index >= 15 is 0 Å². The third-order valence-electron chi connectivity index (χ3n) is 5.30.